The molecule has 0 atom stereocenters. The van der Waals surface area contributed by atoms with E-state index in [0.29, 0.717) is 0 Å². The summed E-state index contributed by atoms with van der Waals surface area (Å²) in [4.78, 5) is 5.07. The Labute approximate surface area is 401 Å². The molecule has 0 aliphatic carbocycles. The van der Waals surface area contributed by atoms with Gasteiger partial charge >= 0.3 is 0 Å². The van der Waals surface area contributed by atoms with Gasteiger partial charge in [-0.05, 0) is 121 Å². The highest BCUT2D eigenvalue weighted by Gasteiger charge is 2.44. The molecular formula is C62H49BN2S2. The van der Waals surface area contributed by atoms with Gasteiger partial charge in [0.15, 0.2) is 0 Å². The fourth-order valence-corrected chi connectivity index (χ4v) is 13.4. The molecule has 0 unspecified atom stereocenters. The van der Waals surface area contributed by atoms with Crippen LogP contribution in [-0.4, -0.2) is 6.71 Å². The molecule has 11 aromatic rings. The van der Waals surface area contributed by atoms with E-state index in [1.165, 1.54) is 113 Å². The van der Waals surface area contributed by atoms with Crippen molar-refractivity contribution in [2.45, 2.75) is 52.4 Å². The van der Waals surface area contributed by atoms with Crippen molar-refractivity contribution in [1.29, 1.82) is 0 Å². The first kappa shape index (κ1) is 40.4. The molecule has 0 N–H and O–H groups in total. The fraction of sp³-hybridized carbons (Fsp3) is 0.129. The summed E-state index contributed by atoms with van der Waals surface area (Å²) in [6.07, 6.45) is 0. The van der Waals surface area contributed by atoms with Crippen molar-refractivity contribution < 1.29 is 0 Å². The van der Waals surface area contributed by atoms with Crippen LogP contribution in [0.2, 0.25) is 0 Å². The maximum atomic E-state index is 2.53. The second kappa shape index (κ2) is 14.8. The molecule has 0 radical (unpaired) electrons. The zero-order valence-electron chi connectivity index (χ0n) is 38.7. The van der Waals surface area contributed by atoms with Gasteiger partial charge in [0.2, 0.25) is 0 Å². The summed E-state index contributed by atoms with van der Waals surface area (Å²) in [7, 11) is 0. The Morgan fingerprint density at radius 1 is 0.373 bits per heavy atom. The Morgan fingerprint density at radius 3 is 1.21 bits per heavy atom. The van der Waals surface area contributed by atoms with E-state index in [1.54, 1.807) is 0 Å². The zero-order valence-corrected chi connectivity index (χ0v) is 40.3. The van der Waals surface area contributed by atoms with Crippen LogP contribution in [0.5, 0.6) is 0 Å². The van der Waals surface area contributed by atoms with Crippen LogP contribution in [0.15, 0.2) is 188 Å². The molecule has 2 aliphatic rings. The molecule has 2 aliphatic heterocycles. The predicted molar refractivity (Wildman–Crippen MR) is 295 cm³/mol. The molecule has 13 rings (SSSR count). The molecule has 0 fully saturated rings. The molecule has 2 aromatic heterocycles. The van der Waals surface area contributed by atoms with Crippen LogP contribution in [0, 0.1) is 0 Å². The molecule has 0 amide bonds. The van der Waals surface area contributed by atoms with Crippen molar-refractivity contribution in [3.05, 3.63) is 199 Å². The molecule has 0 bridgehead atoms. The van der Waals surface area contributed by atoms with Gasteiger partial charge in [-0.15, -0.1) is 22.7 Å². The second-order valence-corrected chi connectivity index (χ2v) is 22.6. The largest absolute Gasteiger partial charge is 0.311 e. The van der Waals surface area contributed by atoms with Crippen LogP contribution < -0.4 is 26.2 Å². The van der Waals surface area contributed by atoms with Gasteiger partial charge in [0, 0.05) is 74.5 Å². The van der Waals surface area contributed by atoms with Gasteiger partial charge in [0.05, 0.1) is 0 Å². The SMILES string of the molecule is CC(C)(C)c1ccc2c(c1)B1c3cc(C(C)(C)C)ccc3N(c3ccc(-c4cccc5c4sc4ccccc45)cc3)c3cccc(c31)N2c1ccc(-c2cccc3c2sc2ccccc23)cc1. The van der Waals surface area contributed by atoms with E-state index in [4.69, 9.17) is 0 Å². The maximum Gasteiger partial charge on any atom is 0.252 e. The number of anilines is 6. The average Bonchev–Trinajstić information content (AvgIpc) is 3.92. The van der Waals surface area contributed by atoms with E-state index in [-0.39, 0.29) is 17.5 Å². The maximum absolute atomic E-state index is 2.53. The smallest absolute Gasteiger partial charge is 0.252 e. The lowest BCUT2D eigenvalue weighted by atomic mass is 9.33. The summed E-state index contributed by atoms with van der Waals surface area (Å²) in [5.41, 5.74) is 19.0. The molecule has 0 saturated heterocycles. The van der Waals surface area contributed by atoms with Gasteiger partial charge in [-0.25, -0.2) is 0 Å². The second-order valence-electron chi connectivity index (χ2n) is 20.5. The van der Waals surface area contributed by atoms with Crippen molar-refractivity contribution in [2.24, 2.45) is 0 Å². The molecule has 0 saturated carbocycles. The highest BCUT2D eigenvalue weighted by atomic mass is 32.1. The van der Waals surface area contributed by atoms with E-state index >= 15 is 0 Å². The van der Waals surface area contributed by atoms with Crippen molar-refractivity contribution in [2.75, 3.05) is 9.80 Å². The van der Waals surface area contributed by atoms with E-state index in [0.717, 1.165) is 11.4 Å². The van der Waals surface area contributed by atoms with Gasteiger partial charge in [-0.1, -0.05) is 169 Å². The molecule has 67 heavy (non-hydrogen) atoms. The minimum Gasteiger partial charge on any atom is -0.311 e. The molecule has 322 valence electrons. The quantitative estimate of drug-likeness (QED) is 0.162. The van der Waals surface area contributed by atoms with Crippen molar-refractivity contribution >= 4 is 120 Å². The van der Waals surface area contributed by atoms with Crippen molar-refractivity contribution in [3.63, 3.8) is 0 Å². The topological polar surface area (TPSA) is 6.48 Å². The summed E-state index contributed by atoms with van der Waals surface area (Å²) >= 11 is 3.78. The number of thiophene rings is 2. The van der Waals surface area contributed by atoms with Crippen LogP contribution >= 0.6 is 22.7 Å². The summed E-state index contributed by atoms with van der Waals surface area (Å²) in [6.45, 7) is 14.1. The van der Waals surface area contributed by atoms with Gasteiger partial charge in [0.25, 0.3) is 6.71 Å². The molecule has 2 nitrogen and oxygen atoms in total. The number of nitrogens with zero attached hydrogens (tertiary/aromatic N) is 2. The zero-order chi connectivity index (χ0) is 45.3. The summed E-state index contributed by atoms with van der Waals surface area (Å²) in [5, 5.41) is 5.31. The first-order chi connectivity index (χ1) is 32.5. The molecule has 0 spiro atoms. The fourth-order valence-electron chi connectivity index (χ4n) is 11.0. The van der Waals surface area contributed by atoms with Crippen LogP contribution in [0.25, 0.3) is 62.6 Å². The van der Waals surface area contributed by atoms with Crippen molar-refractivity contribution in [1.82, 2.24) is 0 Å². The minimum absolute atomic E-state index is 0.0202. The molecule has 4 heterocycles. The highest BCUT2D eigenvalue weighted by molar-refractivity contribution is 7.26. The first-order valence-electron chi connectivity index (χ1n) is 23.5. The van der Waals surface area contributed by atoms with Crippen LogP contribution in [0.3, 0.4) is 0 Å². The highest BCUT2D eigenvalue weighted by Crippen LogP contribution is 2.47. The third-order valence-corrected chi connectivity index (χ3v) is 16.8. The Hall–Kier alpha value is -6.92. The van der Waals surface area contributed by atoms with Gasteiger partial charge < -0.3 is 9.80 Å². The standard InChI is InChI=1S/C62H49BN2S2/c1-61(2,3)40-28-34-52-50(36-40)63-51-37-41(62(4,5)6)29-35-53(51)65(43-32-26-39(27-33-43)45-17-12-19-49-47-15-8-10-23-57(47)67-60(45)49)55-21-13-20-54(58(55)63)64(52)42-30-24-38(25-31-42)44-16-11-18-48-46-14-7-9-22-56(46)66-59(44)48/h7-37H,1-6H3. The van der Waals surface area contributed by atoms with E-state index in [1.807, 2.05) is 22.7 Å². The van der Waals surface area contributed by atoms with Crippen LogP contribution in [0.1, 0.15) is 52.7 Å². The Balaban J connectivity index is 0.991. The number of hydrogen-bond donors (Lipinski definition) is 0. The Bertz CT molecular complexity index is 3540. The third kappa shape index (κ3) is 6.28. The first-order valence-corrected chi connectivity index (χ1v) is 25.2. The number of benzene rings is 9. The summed E-state index contributed by atoms with van der Waals surface area (Å²) < 4.78 is 5.34. The van der Waals surface area contributed by atoms with Gasteiger partial charge in [-0.3, -0.25) is 0 Å². The third-order valence-electron chi connectivity index (χ3n) is 14.4. The summed E-state index contributed by atoms with van der Waals surface area (Å²) in [5.74, 6) is 0. The predicted octanol–water partition coefficient (Wildman–Crippen LogP) is 16.4. The lowest BCUT2D eigenvalue weighted by molar-refractivity contribution is 0.590. The van der Waals surface area contributed by atoms with Crippen molar-refractivity contribution in [3.8, 4) is 22.3 Å². The average molecular weight is 897 g/mol. The molecular weight excluding hydrogens is 848 g/mol. The molecule has 9 aromatic carbocycles. The Morgan fingerprint density at radius 2 is 0.776 bits per heavy atom. The van der Waals surface area contributed by atoms with Gasteiger partial charge in [-0.2, -0.15) is 0 Å². The normalized spacial score (nSPS) is 13.4. The number of fused-ring (bicyclic) bond motifs is 10. The lowest BCUT2D eigenvalue weighted by Gasteiger charge is -2.44. The van der Waals surface area contributed by atoms with Crippen LogP contribution in [0.4, 0.5) is 34.1 Å². The molecule has 5 heteroatoms. The number of rotatable bonds is 4. The summed E-state index contributed by atoms with van der Waals surface area (Å²) in [6, 6.07) is 71.3. The van der Waals surface area contributed by atoms with E-state index < -0.39 is 0 Å². The van der Waals surface area contributed by atoms with Crippen LogP contribution in [-0.2, 0) is 10.8 Å². The Kier molecular flexibility index (Phi) is 8.91. The minimum atomic E-state index is -0.0202. The number of hydrogen-bond acceptors (Lipinski definition) is 4. The van der Waals surface area contributed by atoms with Gasteiger partial charge in [0.1, 0.15) is 0 Å². The van der Waals surface area contributed by atoms with E-state index in [2.05, 4.69) is 239 Å². The lowest BCUT2D eigenvalue weighted by Crippen LogP contribution is -2.61. The monoisotopic (exact) mass is 896 g/mol. The van der Waals surface area contributed by atoms with E-state index in [9.17, 15) is 0 Å².